The van der Waals surface area contributed by atoms with Crippen molar-refractivity contribution in [2.24, 2.45) is 0 Å². The molecular formula is C14H12F4O2. The third-order valence-electron chi connectivity index (χ3n) is 4.35. The normalized spacial score (nSPS) is 34.5. The van der Waals surface area contributed by atoms with Crippen molar-refractivity contribution in [2.75, 3.05) is 7.11 Å². The molecule has 2 bridgehead atoms. The van der Waals surface area contributed by atoms with Gasteiger partial charge in [-0.05, 0) is 19.4 Å². The van der Waals surface area contributed by atoms with Crippen LogP contribution in [0.4, 0.5) is 17.6 Å². The summed E-state index contributed by atoms with van der Waals surface area (Å²) in [6, 6.07) is 0. The molecule has 20 heavy (non-hydrogen) atoms. The van der Waals surface area contributed by atoms with Crippen molar-refractivity contribution in [2.45, 2.75) is 30.5 Å². The van der Waals surface area contributed by atoms with Crippen molar-refractivity contribution in [1.29, 1.82) is 0 Å². The van der Waals surface area contributed by atoms with E-state index in [2.05, 4.69) is 0 Å². The Morgan fingerprint density at radius 2 is 1.75 bits per heavy atom. The number of fused-ring (bicyclic) bond motifs is 1. The number of aliphatic hydroxyl groups is 1. The second-order valence-electron chi connectivity index (χ2n) is 5.43. The van der Waals surface area contributed by atoms with E-state index in [9.17, 15) is 22.7 Å². The molecule has 0 unspecified atom stereocenters. The van der Waals surface area contributed by atoms with Crippen LogP contribution < -0.4 is 0 Å². The topological polar surface area (TPSA) is 29.5 Å². The third-order valence-corrected chi connectivity index (χ3v) is 4.35. The van der Waals surface area contributed by atoms with E-state index in [1.807, 2.05) is 0 Å². The van der Waals surface area contributed by atoms with E-state index in [-0.39, 0.29) is 12.0 Å². The lowest BCUT2D eigenvalue weighted by atomic mass is 9.60. The van der Waals surface area contributed by atoms with E-state index in [1.54, 1.807) is 0 Å². The second kappa shape index (κ2) is 3.83. The highest BCUT2D eigenvalue weighted by Gasteiger charge is 2.58. The molecule has 6 heteroatoms. The van der Waals surface area contributed by atoms with Crippen LogP contribution >= 0.6 is 0 Å². The maximum atomic E-state index is 14.2. The Bertz CT molecular complexity index is 639. The van der Waals surface area contributed by atoms with Crippen LogP contribution in [-0.2, 0) is 10.3 Å². The Hall–Kier alpha value is -1.40. The first-order valence-electron chi connectivity index (χ1n) is 6.10. The molecule has 0 saturated heterocycles. The summed E-state index contributed by atoms with van der Waals surface area (Å²) in [6.07, 6.45) is 2.93. The van der Waals surface area contributed by atoms with E-state index >= 15 is 0 Å². The van der Waals surface area contributed by atoms with Gasteiger partial charge in [0.05, 0.1) is 5.60 Å². The molecule has 0 amide bonds. The Labute approximate surface area is 112 Å². The zero-order chi connectivity index (χ0) is 14.9. The molecule has 108 valence electrons. The number of rotatable bonds is 1. The van der Waals surface area contributed by atoms with Crippen molar-refractivity contribution in [3.8, 4) is 0 Å². The SMILES string of the molecule is CO[C@@]12C=C[C@@H](C[C@@]1(C)O)c1c(F)c(F)c(F)c(F)c12. The zero-order valence-electron chi connectivity index (χ0n) is 10.8. The first kappa shape index (κ1) is 13.6. The van der Waals surface area contributed by atoms with Crippen LogP contribution in [0.2, 0.25) is 0 Å². The van der Waals surface area contributed by atoms with Crippen molar-refractivity contribution < 1.29 is 27.4 Å². The zero-order valence-corrected chi connectivity index (χ0v) is 10.8. The molecule has 3 atom stereocenters. The fourth-order valence-corrected chi connectivity index (χ4v) is 3.38. The predicted octanol–water partition coefficient (Wildman–Crippen LogP) is 2.89. The van der Waals surface area contributed by atoms with Gasteiger partial charge in [0.25, 0.3) is 0 Å². The predicted molar refractivity (Wildman–Crippen MR) is 62.1 cm³/mol. The molecule has 1 aromatic carbocycles. The van der Waals surface area contributed by atoms with Gasteiger partial charge in [0.15, 0.2) is 23.3 Å². The maximum absolute atomic E-state index is 14.2. The standard InChI is InChI=1S/C14H12F4O2/c1-13(19)5-6-3-4-14(13,20-2)8-7(6)9(15)11(17)12(18)10(8)16/h3-4,6,19H,5H2,1-2H3/t6-,13+,14+/m0/s1. The number of allylic oxidation sites excluding steroid dienone is 1. The minimum absolute atomic E-state index is 0.0335. The van der Waals surface area contributed by atoms with E-state index in [0.717, 1.165) is 0 Å². The van der Waals surface area contributed by atoms with E-state index in [1.165, 1.54) is 26.2 Å². The lowest BCUT2D eigenvalue weighted by molar-refractivity contribution is -0.157. The molecule has 0 fully saturated rings. The van der Waals surface area contributed by atoms with Crippen LogP contribution in [0.5, 0.6) is 0 Å². The molecule has 4 rings (SSSR count). The van der Waals surface area contributed by atoms with Gasteiger partial charge in [-0.2, -0.15) is 0 Å². The molecule has 0 aliphatic heterocycles. The quantitative estimate of drug-likeness (QED) is 0.373. The molecule has 0 heterocycles. The molecule has 0 radical (unpaired) electrons. The van der Waals surface area contributed by atoms with Gasteiger partial charge < -0.3 is 9.84 Å². The summed E-state index contributed by atoms with van der Waals surface area (Å²) in [5.41, 5.74) is -4.01. The fraction of sp³-hybridized carbons (Fsp3) is 0.429. The Morgan fingerprint density at radius 3 is 2.30 bits per heavy atom. The Kier molecular flexibility index (Phi) is 2.60. The van der Waals surface area contributed by atoms with Gasteiger partial charge in [-0.15, -0.1) is 0 Å². The highest BCUT2D eigenvalue weighted by Crippen LogP contribution is 2.56. The van der Waals surface area contributed by atoms with Crippen LogP contribution in [-0.4, -0.2) is 17.8 Å². The van der Waals surface area contributed by atoms with Crippen LogP contribution in [0.1, 0.15) is 30.4 Å². The number of methoxy groups -OCH3 is 1. The van der Waals surface area contributed by atoms with E-state index < -0.39 is 46.0 Å². The molecule has 0 spiro atoms. The molecule has 1 aromatic rings. The number of benzene rings is 1. The molecule has 1 N–H and O–H groups in total. The third kappa shape index (κ3) is 1.31. The summed E-state index contributed by atoms with van der Waals surface area (Å²) in [5, 5.41) is 10.5. The van der Waals surface area contributed by atoms with Gasteiger partial charge in [-0.3, -0.25) is 0 Å². The van der Waals surface area contributed by atoms with E-state index in [4.69, 9.17) is 4.74 Å². The van der Waals surface area contributed by atoms with Crippen molar-refractivity contribution in [1.82, 2.24) is 0 Å². The monoisotopic (exact) mass is 288 g/mol. The first-order valence-corrected chi connectivity index (χ1v) is 6.10. The van der Waals surface area contributed by atoms with E-state index in [0.29, 0.717) is 0 Å². The minimum atomic E-state index is -1.89. The van der Waals surface area contributed by atoms with Gasteiger partial charge in [0.2, 0.25) is 0 Å². The minimum Gasteiger partial charge on any atom is -0.386 e. The lowest BCUT2D eigenvalue weighted by Crippen LogP contribution is -2.57. The molecule has 0 saturated carbocycles. The molecule has 3 aliphatic rings. The molecule has 0 aromatic heterocycles. The number of hydrogen-bond acceptors (Lipinski definition) is 2. The summed E-state index contributed by atoms with van der Waals surface area (Å²) in [6.45, 7) is 1.40. The lowest BCUT2D eigenvalue weighted by Gasteiger charge is -2.52. The van der Waals surface area contributed by atoms with Crippen LogP contribution in [0.3, 0.4) is 0 Å². The summed E-state index contributed by atoms with van der Waals surface area (Å²) >= 11 is 0. The average Bonchev–Trinajstić information content (AvgIpc) is 2.41. The van der Waals surface area contributed by atoms with Crippen molar-refractivity contribution in [3.63, 3.8) is 0 Å². The number of hydrogen-bond donors (Lipinski definition) is 1. The van der Waals surface area contributed by atoms with Gasteiger partial charge in [0.1, 0.15) is 5.60 Å². The van der Waals surface area contributed by atoms with Crippen LogP contribution in [0.25, 0.3) is 0 Å². The summed E-state index contributed by atoms with van der Waals surface area (Å²) < 4.78 is 60.3. The summed E-state index contributed by atoms with van der Waals surface area (Å²) in [7, 11) is 1.20. The summed E-state index contributed by atoms with van der Waals surface area (Å²) in [5.74, 6) is -7.40. The van der Waals surface area contributed by atoms with Crippen molar-refractivity contribution in [3.05, 3.63) is 46.5 Å². The van der Waals surface area contributed by atoms with Gasteiger partial charge in [-0.1, -0.05) is 6.08 Å². The number of halogens is 4. The fourth-order valence-electron chi connectivity index (χ4n) is 3.38. The highest BCUT2D eigenvalue weighted by molar-refractivity contribution is 5.52. The Balaban J connectivity index is 2.45. The second-order valence-corrected chi connectivity index (χ2v) is 5.43. The molecular weight excluding hydrogens is 276 g/mol. The molecule has 3 aliphatic carbocycles. The maximum Gasteiger partial charge on any atom is 0.197 e. The van der Waals surface area contributed by atoms with Crippen LogP contribution in [0, 0.1) is 23.3 Å². The summed E-state index contributed by atoms with van der Waals surface area (Å²) in [4.78, 5) is 0. The molecule has 2 nitrogen and oxygen atoms in total. The van der Waals surface area contributed by atoms with Gasteiger partial charge in [0, 0.05) is 24.2 Å². The Morgan fingerprint density at radius 1 is 1.15 bits per heavy atom. The highest BCUT2D eigenvalue weighted by atomic mass is 19.2. The number of ether oxygens (including phenoxy) is 1. The van der Waals surface area contributed by atoms with Crippen molar-refractivity contribution >= 4 is 0 Å². The largest absolute Gasteiger partial charge is 0.386 e. The van der Waals surface area contributed by atoms with Gasteiger partial charge in [-0.25, -0.2) is 17.6 Å². The smallest absolute Gasteiger partial charge is 0.197 e. The van der Waals surface area contributed by atoms with Gasteiger partial charge >= 0.3 is 0 Å². The first-order chi connectivity index (χ1) is 9.27. The van der Waals surface area contributed by atoms with Crippen LogP contribution in [0.15, 0.2) is 12.2 Å². The average molecular weight is 288 g/mol.